The zero-order valence-electron chi connectivity index (χ0n) is 9.11. The van der Waals surface area contributed by atoms with Gasteiger partial charge in [0.2, 0.25) is 5.88 Å². The van der Waals surface area contributed by atoms with Gasteiger partial charge in [0.05, 0.1) is 12.0 Å². The molecule has 92 valence electrons. The standard InChI is InChI=1S/C9H10N2O5S/c1-5(9(12)13)17-8-6(11(14)15)3-4-7(10-8)16-2/h3-5H,1-2H3,(H,12,13). The molecule has 0 aromatic carbocycles. The average molecular weight is 258 g/mol. The molecule has 1 aromatic rings. The van der Waals surface area contributed by atoms with Crippen molar-refractivity contribution in [2.45, 2.75) is 17.2 Å². The van der Waals surface area contributed by atoms with E-state index < -0.39 is 16.1 Å². The predicted molar refractivity (Wildman–Crippen MR) is 60.4 cm³/mol. The number of thioether (sulfide) groups is 1. The third kappa shape index (κ3) is 3.31. The summed E-state index contributed by atoms with van der Waals surface area (Å²) in [4.78, 5) is 24.7. The molecule has 0 saturated heterocycles. The Bertz CT molecular complexity index is 451. The number of carboxylic acids is 1. The van der Waals surface area contributed by atoms with Crippen LogP contribution in [0.3, 0.4) is 0 Å². The number of hydrogen-bond acceptors (Lipinski definition) is 6. The maximum atomic E-state index is 10.7. The molecule has 1 atom stereocenters. The van der Waals surface area contributed by atoms with E-state index in [4.69, 9.17) is 9.84 Å². The topological polar surface area (TPSA) is 103 Å². The Morgan fingerprint density at radius 2 is 2.29 bits per heavy atom. The van der Waals surface area contributed by atoms with Crippen LogP contribution in [0, 0.1) is 10.1 Å². The van der Waals surface area contributed by atoms with Crippen LogP contribution in [0.4, 0.5) is 5.69 Å². The van der Waals surface area contributed by atoms with Gasteiger partial charge in [0.1, 0.15) is 5.25 Å². The lowest BCUT2D eigenvalue weighted by molar-refractivity contribution is -0.388. The van der Waals surface area contributed by atoms with Crippen LogP contribution in [0.5, 0.6) is 5.88 Å². The molecule has 17 heavy (non-hydrogen) atoms. The molecule has 1 N–H and O–H groups in total. The molecule has 0 aliphatic rings. The van der Waals surface area contributed by atoms with Gasteiger partial charge in [-0.15, -0.1) is 0 Å². The maximum Gasteiger partial charge on any atom is 0.316 e. The first-order valence-corrected chi connectivity index (χ1v) is 5.42. The van der Waals surface area contributed by atoms with Crippen molar-refractivity contribution >= 4 is 23.4 Å². The average Bonchev–Trinajstić information content (AvgIpc) is 2.28. The summed E-state index contributed by atoms with van der Waals surface area (Å²) in [6.45, 7) is 1.43. The lowest BCUT2D eigenvalue weighted by Crippen LogP contribution is -2.12. The van der Waals surface area contributed by atoms with Crippen molar-refractivity contribution in [3.8, 4) is 5.88 Å². The van der Waals surface area contributed by atoms with E-state index in [0.29, 0.717) is 0 Å². The van der Waals surface area contributed by atoms with E-state index in [0.717, 1.165) is 11.8 Å². The van der Waals surface area contributed by atoms with Crippen LogP contribution in [0.2, 0.25) is 0 Å². The first-order valence-electron chi connectivity index (χ1n) is 4.54. The predicted octanol–water partition coefficient (Wildman–Crippen LogP) is 1.56. The number of aromatic nitrogens is 1. The summed E-state index contributed by atoms with van der Waals surface area (Å²) >= 11 is 0.804. The maximum absolute atomic E-state index is 10.7. The van der Waals surface area contributed by atoms with Gasteiger partial charge in [-0.2, -0.15) is 4.98 Å². The Labute approximate surface area is 101 Å². The Balaban J connectivity index is 3.09. The first kappa shape index (κ1) is 13.2. The summed E-state index contributed by atoms with van der Waals surface area (Å²) in [5, 5.41) is 18.7. The second-order valence-electron chi connectivity index (χ2n) is 3.03. The molecule has 0 aliphatic heterocycles. The smallest absolute Gasteiger partial charge is 0.316 e. The molecule has 1 unspecified atom stereocenters. The van der Waals surface area contributed by atoms with Crippen molar-refractivity contribution in [1.82, 2.24) is 4.98 Å². The van der Waals surface area contributed by atoms with Crippen LogP contribution >= 0.6 is 11.8 Å². The van der Waals surface area contributed by atoms with Crippen LogP contribution in [0.15, 0.2) is 17.2 Å². The van der Waals surface area contributed by atoms with Gasteiger partial charge in [-0.1, -0.05) is 11.8 Å². The molecule has 7 nitrogen and oxygen atoms in total. The third-order valence-corrected chi connectivity index (χ3v) is 2.94. The molecule has 0 bridgehead atoms. The van der Waals surface area contributed by atoms with E-state index in [2.05, 4.69) is 4.98 Å². The van der Waals surface area contributed by atoms with Gasteiger partial charge in [-0.3, -0.25) is 14.9 Å². The number of nitro groups is 1. The monoisotopic (exact) mass is 258 g/mol. The van der Waals surface area contributed by atoms with Crippen LogP contribution in [-0.2, 0) is 4.79 Å². The molecule has 1 rings (SSSR count). The van der Waals surface area contributed by atoms with Crippen molar-refractivity contribution in [3.63, 3.8) is 0 Å². The molecule has 0 radical (unpaired) electrons. The fourth-order valence-corrected chi connectivity index (χ4v) is 1.82. The van der Waals surface area contributed by atoms with Crippen molar-refractivity contribution in [3.05, 3.63) is 22.2 Å². The van der Waals surface area contributed by atoms with Gasteiger partial charge in [0.15, 0.2) is 5.03 Å². The summed E-state index contributed by atoms with van der Waals surface area (Å²) in [6, 6.07) is 2.59. The molecular formula is C9H10N2O5S. The number of hydrogen-bond donors (Lipinski definition) is 1. The zero-order chi connectivity index (χ0) is 13.0. The molecule has 0 fully saturated rings. The minimum Gasteiger partial charge on any atom is -0.481 e. The number of aliphatic carboxylic acids is 1. The number of nitrogens with zero attached hydrogens (tertiary/aromatic N) is 2. The number of carbonyl (C=O) groups is 1. The zero-order valence-corrected chi connectivity index (χ0v) is 9.93. The van der Waals surface area contributed by atoms with Gasteiger partial charge < -0.3 is 9.84 Å². The Hall–Kier alpha value is -1.83. The molecule has 0 aliphatic carbocycles. The van der Waals surface area contributed by atoms with Crippen LogP contribution < -0.4 is 4.74 Å². The van der Waals surface area contributed by atoms with Gasteiger partial charge in [-0.25, -0.2) is 0 Å². The van der Waals surface area contributed by atoms with E-state index in [1.54, 1.807) is 0 Å². The molecule has 1 heterocycles. The normalized spacial score (nSPS) is 11.9. The van der Waals surface area contributed by atoms with Crippen LogP contribution in [0.1, 0.15) is 6.92 Å². The molecule has 0 spiro atoms. The first-order chi connectivity index (χ1) is 7.95. The molecule has 8 heteroatoms. The number of pyridine rings is 1. The quantitative estimate of drug-likeness (QED) is 0.485. The van der Waals surface area contributed by atoms with E-state index in [1.165, 1.54) is 26.2 Å². The largest absolute Gasteiger partial charge is 0.481 e. The number of carboxylic acid groups (broad SMARTS) is 1. The minimum absolute atomic E-state index is 0.0317. The van der Waals surface area contributed by atoms with Crippen LogP contribution in [-0.4, -0.2) is 33.3 Å². The summed E-state index contributed by atoms with van der Waals surface area (Å²) in [5.41, 5.74) is -0.233. The highest BCUT2D eigenvalue weighted by Crippen LogP contribution is 2.31. The van der Waals surface area contributed by atoms with E-state index >= 15 is 0 Å². The Kier molecular flexibility index (Phi) is 4.27. The van der Waals surface area contributed by atoms with E-state index in [1.807, 2.05) is 0 Å². The highest BCUT2D eigenvalue weighted by molar-refractivity contribution is 8.00. The third-order valence-electron chi connectivity index (χ3n) is 1.86. The van der Waals surface area contributed by atoms with Crippen molar-refractivity contribution in [2.75, 3.05) is 7.11 Å². The lowest BCUT2D eigenvalue weighted by Gasteiger charge is -2.07. The fourth-order valence-electron chi connectivity index (χ4n) is 0.973. The molecule has 0 amide bonds. The minimum atomic E-state index is -1.06. The van der Waals surface area contributed by atoms with Crippen molar-refractivity contribution in [1.29, 1.82) is 0 Å². The van der Waals surface area contributed by atoms with Gasteiger partial charge in [0.25, 0.3) is 0 Å². The second-order valence-corrected chi connectivity index (χ2v) is 4.36. The fraction of sp³-hybridized carbons (Fsp3) is 0.333. The highest BCUT2D eigenvalue weighted by atomic mass is 32.2. The summed E-state index contributed by atoms with van der Waals surface area (Å²) < 4.78 is 4.84. The van der Waals surface area contributed by atoms with Gasteiger partial charge >= 0.3 is 11.7 Å². The Morgan fingerprint density at radius 1 is 1.65 bits per heavy atom. The number of rotatable bonds is 5. The summed E-state index contributed by atoms with van der Waals surface area (Å²) in [6.07, 6.45) is 0. The van der Waals surface area contributed by atoms with Gasteiger partial charge in [-0.05, 0) is 6.92 Å². The van der Waals surface area contributed by atoms with Gasteiger partial charge in [0, 0.05) is 12.1 Å². The highest BCUT2D eigenvalue weighted by Gasteiger charge is 2.22. The molecule has 0 saturated carbocycles. The van der Waals surface area contributed by atoms with Crippen LogP contribution in [0.25, 0.3) is 0 Å². The Morgan fingerprint density at radius 3 is 2.76 bits per heavy atom. The SMILES string of the molecule is COc1ccc([N+](=O)[O-])c(SC(C)C(=O)O)n1. The molecule has 1 aromatic heterocycles. The van der Waals surface area contributed by atoms with E-state index in [9.17, 15) is 14.9 Å². The van der Waals surface area contributed by atoms with E-state index in [-0.39, 0.29) is 16.6 Å². The molecular weight excluding hydrogens is 248 g/mol. The number of ether oxygens (including phenoxy) is 1. The van der Waals surface area contributed by atoms with Crippen molar-refractivity contribution < 1.29 is 19.6 Å². The summed E-state index contributed by atoms with van der Waals surface area (Å²) in [7, 11) is 1.38. The lowest BCUT2D eigenvalue weighted by atomic mass is 10.4. The number of methoxy groups -OCH3 is 1. The van der Waals surface area contributed by atoms with Crippen molar-refractivity contribution in [2.24, 2.45) is 0 Å². The summed E-state index contributed by atoms with van der Waals surface area (Å²) in [5.74, 6) is -0.857. The second kappa shape index (κ2) is 5.48.